The van der Waals surface area contributed by atoms with Crippen LogP contribution in [0.1, 0.15) is 54.4 Å². The SMILES string of the molecule is C1=CC2=CC=C(N(c3ccc(-c4ccc(-c5ccc(-c6ccc(N(c7ccc8c(c7)C=CCC8)c7cccc8ccccc78)cc6)cc5)cc4)cc3)c3cccc4c3C=CCC4)CC=C2CC1. The van der Waals surface area contributed by atoms with Crippen LogP contribution in [0.4, 0.5) is 28.4 Å². The Morgan fingerprint density at radius 3 is 1.66 bits per heavy atom. The largest absolute Gasteiger partial charge is 0.313 e. The summed E-state index contributed by atoms with van der Waals surface area (Å²) in [6.45, 7) is 0. The van der Waals surface area contributed by atoms with Gasteiger partial charge < -0.3 is 9.80 Å². The molecule has 0 saturated carbocycles. The number of hydrogen-bond acceptors (Lipinski definition) is 2. The fraction of sp³-hybridized carbons (Fsp3) is 0.108. The first-order chi connectivity index (χ1) is 33.2. The van der Waals surface area contributed by atoms with Crippen LogP contribution in [-0.2, 0) is 12.8 Å². The summed E-state index contributed by atoms with van der Waals surface area (Å²) in [5.74, 6) is 0. The minimum Gasteiger partial charge on any atom is -0.313 e. The van der Waals surface area contributed by atoms with Crippen molar-refractivity contribution in [3.63, 3.8) is 0 Å². The molecule has 4 aliphatic rings. The number of allylic oxidation sites excluding steroid dienone is 9. The Morgan fingerprint density at radius 1 is 0.388 bits per heavy atom. The second-order valence-corrected chi connectivity index (χ2v) is 18.2. The van der Waals surface area contributed by atoms with Gasteiger partial charge in [0.05, 0.1) is 11.4 Å². The van der Waals surface area contributed by atoms with Gasteiger partial charge in [0.2, 0.25) is 0 Å². The van der Waals surface area contributed by atoms with Crippen molar-refractivity contribution < 1.29 is 0 Å². The molecule has 0 saturated heterocycles. The molecule has 322 valence electrons. The van der Waals surface area contributed by atoms with Crippen molar-refractivity contribution in [2.45, 2.75) is 44.9 Å². The van der Waals surface area contributed by atoms with Crippen LogP contribution in [0.25, 0.3) is 56.3 Å². The number of nitrogens with zero attached hydrogens (tertiary/aromatic N) is 2. The molecule has 0 aliphatic heterocycles. The van der Waals surface area contributed by atoms with Crippen LogP contribution in [0.5, 0.6) is 0 Å². The summed E-state index contributed by atoms with van der Waals surface area (Å²) in [6, 6.07) is 65.3. The van der Waals surface area contributed by atoms with Crippen LogP contribution in [0.15, 0.2) is 235 Å². The van der Waals surface area contributed by atoms with Crippen molar-refractivity contribution in [1.82, 2.24) is 0 Å². The third-order valence-corrected chi connectivity index (χ3v) is 14.1. The Bertz CT molecular complexity index is 3330. The van der Waals surface area contributed by atoms with E-state index in [0.29, 0.717) is 0 Å². The lowest BCUT2D eigenvalue weighted by molar-refractivity contribution is 0.954. The van der Waals surface area contributed by atoms with Crippen LogP contribution in [-0.4, -0.2) is 0 Å². The summed E-state index contributed by atoms with van der Waals surface area (Å²) in [6.07, 6.45) is 28.4. The zero-order valence-corrected chi connectivity index (χ0v) is 37.8. The van der Waals surface area contributed by atoms with Gasteiger partial charge in [-0.05, 0) is 160 Å². The van der Waals surface area contributed by atoms with Gasteiger partial charge in [-0.3, -0.25) is 0 Å². The molecule has 8 aromatic rings. The van der Waals surface area contributed by atoms with Crippen molar-refractivity contribution in [2.24, 2.45) is 0 Å². The molecule has 8 aromatic carbocycles. The van der Waals surface area contributed by atoms with Gasteiger partial charge in [0.25, 0.3) is 0 Å². The topological polar surface area (TPSA) is 6.48 Å². The molecule has 2 heteroatoms. The summed E-state index contributed by atoms with van der Waals surface area (Å²) >= 11 is 0. The van der Waals surface area contributed by atoms with Gasteiger partial charge >= 0.3 is 0 Å². The van der Waals surface area contributed by atoms with E-state index < -0.39 is 0 Å². The molecule has 0 radical (unpaired) electrons. The van der Waals surface area contributed by atoms with Crippen molar-refractivity contribution in [2.75, 3.05) is 9.80 Å². The molecular weight excluding hydrogens is 809 g/mol. The molecule has 67 heavy (non-hydrogen) atoms. The number of aryl methyl sites for hydroxylation is 2. The fourth-order valence-electron chi connectivity index (χ4n) is 10.5. The van der Waals surface area contributed by atoms with Gasteiger partial charge in [-0.15, -0.1) is 0 Å². The molecule has 0 spiro atoms. The van der Waals surface area contributed by atoms with Crippen LogP contribution in [0.3, 0.4) is 0 Å². The predicted molar refractivity (Wildman–Crippen MR) is 285 cm³/mol. The first-order valence-electron chi connectivity index (χ1n) is 24.0. The van der Waals surface area contributed by atoms with Crippen LogP contribution >= 0.6 is 0 Å². The highest BCUT2D eigenvalue weighted by Gasteiger charge is 2.22. The van der Waals surface area contributed by atoms with E-state index in [1.807, 2.05) is 0 Å². The highest BCUT2D eigenvalue weighted by atomic mass is 15.2. The molecule has 0 unspecified atom stereocenters. The predicted octanol–water partition coefficient (Wildman–Crippen LogP) is 17.9. The number of fused-ring (bicyclic) bond motifs is 4. The van der Waals surface area contributed by atoms with Crippen LogP contribution < -0.4 is 9.80 Å². The van der Waals surface area contributed by atoms with E-state index in [4.69, 9.17) is 0 Å². The maximum absolute atomic E-state index is 2.49. The number of hydrogen-bond donors (Lipinski definition) is 0. The van der Waals surface area contributed by atoms with Gasteiger partial charge in [0, 0.05) is 40.1 Å². The molecule has 12 rings (SSSR count). The Labute approximate surface area is 395 Å². The zero-order valence-electron chi connectivity index (χ0n) is 37.8. The molecule has 2 nitrogen and oxygen atoms in total. The van der Waals surface area contributed by atoms with Crippen molar-refractivity contribution in [3.05, 3.63) is 258 Å². The average Bonchev–Trinajstić information content (AvgIpc) is 3.62. The Kier molecular flexibility index (Phi) is 10.8. The normalized spacial score (nSPS) is 14.8. The Balaban J connectivity index is 0.792. The third-order valence-electron chi connectivity index (χ3n) is 14.1. The summed E-state index contributed by atoms with van der Waals surface area (Å²) in [5, 5.41) is 2.47. The van der Waals surface area contributed by atoms with E-state index >= 15 is 0 Å². The highest BCUT2D eigenvalue weighted by molar-refractivity contribution is 5.99. The summed E-state index contributed by atoms with van der Waals surface area (Å²) in [7, 11) is 0. The van der Waals surface area contributed by atoms with E-state index in [1.54, 1.807) is 0 Å². The highest BCUT2D eigenvalue weighted by Crippen LogP contribution is 2.43. The smallest absolute Gasteiger partial charge is 0.0540 e. The first-order valence-corrected chi connectivity index (χ1v) is 24.0. The standard InChI is InChI=1S/C65H52N2/c1-2-12-47-32-39-58(38-31-46(47)11-1)66(64-21-9-17-55-14-5-7-19-62(55)64)59-40-33-53(34-41-59)51-27-23-49(24-28-51)50-25-29-52(30-26-50)54-35-42-60(43-36-54)67(61-44-37-48-13-3-4-16-57(48)45-61)65-22-10-18-56-15-6-8-20-63(56)65/h1,4,6-11,15-38,40-45H,2-3,5,12-14,39H2. The van der Waals surface area contributed by atoms with Gasteiger partial charge in [-0.2, -0.15) is 0 Å². The molecule has 0 bridgehead atoms. The number of rotatable bonds is 9. The van der Waals surface area contributed by atoms with E-state index in [-0.39, 0.29) is 0 Å². The quantitative estimate of drug-likeness (QED) is 0.143. The minimum atomic E-state index is 0.895. The van der Waals surface area contributed by atoms with E-state index in [0.717, 1.165) is 50.6 Å². The van der Waals surface area contributed by atoms with Crippen molar-refractivity contribution >= 4 is 51.4 Å². The fourth-order valence-corrected chi connectivity index (χ4v) is 10.5. The maximum atomic E-state index is 2.49. The molecule has 0 atom stereocenters. The van der Waals surface area contributed by atoms with Gasteiger partial charge in [-0.25, -0.2) is 0 Å². The zero-order chi connectivity index (χ0) is 44.5. The lowest BCUT2D eigenvalue weighted by atomic mass is 9.94. The van der Waals surface area contributed by atoms with Gasteiger partial charge in [0.15, 0.2) is 0 Å². The monoisotopic (exact) mass is 860 g/mol. The lowest BCUT2D eigenvalue weighted by Gasteiger charge is -2.30. The van der Waals surface area contributed by atoms with Crippen LogP contribution in [0.2, 0.25) is 0 Å². The van der Waals surface area contributed by atoms with E-state index in [2.05, 4.69) is 240 Å². The second kappa shape index (κ2) is 17.8. The molecule has 0 fully saturated rings. The Hall–Kier alpha value is -7.94. The molecule has 0 aromatic heterocycles. The molecule has 0 N–H and O–H groups in total. The molecular formula is C65H52N2. The maximum Gasteiger partial charge on any atom is 0.0540 e. The molecule has 0 heterocycles. The van der Waals surface area contributed by atoms with Crippen molar-refractivity contribution in [3.8, 4) is 33.4 Å². The number of anilines is 5. The van der Waals surface area contributed by atoms with Gasteiger partial charge in [-0.1, -0.05) is 176 Å². The van der Waals surface area contributed by atoms with Crippen LogP contribution in [0, 0.1) is 0 Å². The average molecular weight is 861 g/mol. The molecule has 0 amide bonds. The summed E-state index contributed by atoms with van der Waals surface area (Å²) in [4.78, 5) is 4.90. The second-order valence-electron chi connectivity index (χ2n) is 18.2. The molecule has 4 aliphatic carbocycles. The lowest BCUT2D eigenvalue weighted by Crippen LogP contribution is -2.18. The van der Waals surface area contributed by atoms with E-state index in [9.17, 15) is 0 Å². The van der Waals surface area contributed by atoms with Gasteiger partial charge in [0.1, 0.15) is 0 Å². The number of benzene rings is 8. The first kappa shape index (κ1) is 40.6. The Morgan fingerprint density at radius 2 is 0.940 bits per heavy atom. The van der Waals surface area contributed by atoms with Crippen molar-refractivity contribution in [1.29, 1.82) is 0 Å². The summed E-state index contributed by atoms with van der Waals surface area (Å²) in [5.41, 5.74) is 22.7. The summed E-state index contributed by atoms with van der Waals surface area (Å²) < 4.78 is 0. The van der Waals surface area contributed by atoms with E-state index in [1.165, 1.54) is 106 Å². The third kappa shape index (κ3) is 8.00. The minimum absolute atomic E-state index is 0.895.